The van der Waals surface area contributed by atoms with Crippen molar-refractivity contribution in [2.24, 2.45) is 11.7 Å². The first-order chi connectivity index (χ1) is 13.7. The van der Waals surface area contributed by atoms with Crippen LogP contribution in [0.5, 0.6) is 0 Å². The van der Waals surface area contributed by atoms with Crippen LogP contribution in [0.2, 0.25) is 0 Å². The highest BCUT2D eigenvalue weighted by Gasteiger charge is 2.59. The lowest BCUT2D eigenvalue weighted by Gasteiger charge is -2.47. The molecule has 1 unspecified atom stereocenters. The molecule has 1 heterocycles. The molecule has 29 heavy (non-hydrogen) atoms. The van der Waals surface area contributed by atoms with Crippen LogP contribution in [0.25, 0.3) is 0 Å². The minimum absolute atomic E-state index is 0.0733. The number of ether oxygens (including phenoxy) is 1. The number of benzene rings is 1. The molecule has 0 radical (unpaired) electrons. The van der Waals surface area contributed by atoms with Gasteiger partial charge in [0.15, 0.2) is 12.0 Å². The van der Waals surface area contributed by atoms with Crippen molar-refractivity contribution in [3.63, 3.8) is 0 Å². The zero-order valence-electron chi connectivity index (χ0n) is 16.6. The van der Waals surface area contributed by atoms with E-state index in [0.717, 1.165) is 16.7 Å². The number of carbonyl (C=O) groups is 3. The first-order valence-corrected chi connectivity index (χ1v) is 9.17. The molecule has 1 saturated heterocycles. The molecule has 156 valence electrons. The van der Waals surface area contributed by atoms with Gasteiger partial charge in [0, 0.05) is 13.3 Å². The Morgan fingerprint density at radius 1 is 1.38 bits per heavy atom. The number of carbonyl (C=O) groups excluding carboxylic acids is 3. The summed E-state index contributed by atoms with van der Waals surface area (Å²) in [6.45, 7) is 3.45. The maximum atomic E-state index is 12.8. The van der Waals surface area contributed by atoms with E-state index in [1.54, 1.807) is 13.8 Å². The van der Waals surface area contributed by atoms with Crippen molar-refractivity contribution >= 4 is 30.1 Å². The van der Waals surface area contributed by atoms with Gasteiger partial charge in [-0.15, -0.1) is 0 Å². The highest BCUT2D eigenvalue weighted by molar-refractivity contribution is 6.09. The van der Waals surface area contributed by atoms with Gasteiger partial charge in [-0.25, -0.2) is 14.5 Å². The maximum Gasteiger partial charge on any atom is 0.330 e. The molecule has 1 fully saturated rings. The van der Waals surface area contributed by atoms with Crippen LogP contribution in [0, 0.1) is 16.7 Å². The summed E-state index contributed by atoms with van der Waals surface area (Å²) in [6, 6.07) is 5.90. The minimum Gasteiger partial charge on any atom is -0.464 e. The highest BCUT2D eigenvalue weighted by Crippen LogP contribution is 2.32. The molecule has 1 aliphatic rings. The molecule has 4 atom stereocenters. The summed E-state index contributed by atoms with van der Waals surface area (Å²) in [4.78, 5) is 40.0. The van der Waals surface area contributed by atoms with E-state index in [0.29, 0.717) is 0 Å². The van der Waals surface area contributed by atoms with Crippen molar-refractivity contribution in [2.75, 3.05) is 13.7 Å². The van der Waals surface area contributed by atoms with Gasteiger partial charge in [-0.1, -0.05) is 30.3 Å². The van der Waals surface area contributed by atoms with Crippen molar-refractivity contribution in [3.05, 3.63) is 35.9 Å². The third-order valence-corrected chi connectivity index (χ3v) is 4.89. The predicted molar refractivity (Wildman–Crippen MR) is 106 cm³/mol. The Balaban J connectivity index is 2.25. The standard InChI is InChI=1S/C19H26N6O4/c1-4-29-17(27)15-14(13(10-20)24(3)18(21)22)16(26)25(15)19(28)23-11(2)12-8-6-5-7-9-12/h5-11,13-15,20H,4H2,1-3H3,(H3,21,22)(H,23,28)/t11-,13?,14-,15+/m1/s1. The molecular formula is C19H26N6O4. The fraction of sp³-hybridized carbons (Fsp3) is 0.421. The molecule has 10 nitrogen and oxygen atoms in total. The minimum atomic E-state index is -1.21. The molecule has 5 N–H and O–H groups in total. The van der Waals surface area contributed by atoms with Crippen molar-refractivity contribution in [3.8, 4) is 0 Å². The van der Waals surface area contributed by atoms with E-state index >= 15 is 0 Å². The second-order valence-electron chi connectivity index (χ2n) is 6.67. The molecular weight excluding hydrogens is 376 g/mol. The van der Waals surface area contributed by atoms with E-state index in [2.05, 4.69) is 5.32 Å². The molecule has 0 spiro atoms. The number of nitrogens with zero attached hydrogens (tertiary/aromatic N) is 2. The highest BCUT2D eigenvalue weighted by atomic mass is 16.5. The number of esters is 1. The third-order valence-electron chi connectivity index (χ3n) is 4.89. The summed E-state index contributed by atoms with van der Waals surface area (Å²) in [7, 11) is 1.44. The Morgan fingerprint density at radius 3 is 2.52 bits per heavy atom. The molecule has 10 heteroatoms. The summed E-state index contributed by atoms with van der Waals surface area (Å²) in [5.41, 5.74) is 6.30. The normalized spacial score (nSPS) is 20.1. The Bertz CT molecular complexity index is 799. The Labute approximate surface area is 169 Å². The number of urea groups is 1. The van der Waals surface area contributed by atoms with Gasteiger partial charge in [-0.05, 0) is 19.4 Å². The first kappa shape index (κ1) is 21.9. The number of likely N-dealkylation sites (tertiary alicyclic amines) is 1. The summed E-state index contributed by atoms with van der Waals surface area (Å²) in [5.74, 6) is -2.81. The quantitative estimate of drug-likeness (QED) is 0.228. The predicted octanol–water partition coefficient (Wildman–Crippen LogP) is 0.691. The maximum absolute atomic E-state index is 12.8. The van der Waals surface area contributed by atoms with E-state index in [9.17, 15) is 14.4 Å². The average molecular weight is 402 g/mol. The van der Waals surface area contributed by atoms with Gasteiger partial charge in [-0.2, -0.15) is 0 Å². The third kappa shape index (κ3) is 4.36. The molecule has 0 aliphatic carbocycles. The van der Waals surface area contributed by atoms with Crippen LogP contribution < -0.4 is 11.1 Å². The molecule has 1 aromatic rings. The van der Waals surface area contributed by atoms with Gasteiger partial charge >= 0.3 is 12.0 Å². The van der Waals surface area contributed by atoms with E-state index in [-0.39, 0.29) is 12.6 Å². The number of hydrogen-bond donors (Lipinski definition) is 4. The van der Waals surface area contributed by atoms with Gasteiger partial charge in [-0.3, -0.25) is 10.2 Å². The van der Waals surface area contributed by atoms with Crippen LogP contribution in [-0.4, -0.2) is 65.6 Å². The van der Waals surface area contributed by atoms with Crippen LogP contribution in [0.1, 0.15) is 25.5 Å². The molecule has 2 rings (SSSR count). The number of rotatable bonds is 7. The number of hydrogen-bond acceptors (Lipinski definition) is 6. The molecule has 1 aliphatic heterocycles. The fourth-order valence-electron chi connectivity index (χ4n) is 3.25. The SMILES string of the molecule is CCOC(=O)[C@@H]1[C@@H](C(C=N)N(C)C(=N)N)C(=O)N1C(=O)N[C@H](C)c1ccccc1. The molecule has 0 bridgehead atoms. The first-order valence-electron chi connectivity index (χ1n) is 9.17. The molecule has 3 amide bonds. The zero-order valence-corrected chi connectivity index (χ0v) is 16.6. The zero-order chi connectivity index (χ0) is 21.7. The molecule has 1 aromatic carbocycles. The lowest BCUT2D eigenvalue weighted by Crippen LogP contribution is -2.73. The van der Waals surface area contributed by atoms with Gasteiger partial charge in [0.05, 0.1) is 24.6 Å². The van der Waals surface area contributed by atoms with Gasteiger partial charge < -0.3 is 26.1 Å². The summed E-state index contributed by atoms with van der Waals surface area (Å²) < 4.78 is 5.04. The van der Waals surface area contributed by atoms with E-state index < -0.39 is 42.0 Å². The van der Waals surface area contributed by atoms with Gasteiger partial charge in [0.25, 0.3) is 0 Å². The smallest absolute Gasteiger partial charge is 0.330 e. The van der Waals surface area contributed by atoms with Crippen molar-refractivity contribution < 1.29 is 19.1 Å². The fourth-order valence-corrected chi connectivity index (χ4v) is 3.25. The van der Waals surface area contributed by atoms with Gasteiger partial charge in [0.2, 0.25) is 5.91 Å². The lowest BCUT2D eigenvalue weighted by molar-refractivity contribution is -0.170. The molecule has 0 saturated carbocycles. The monoisotopic (exact) mass is 402 g/mol. The Kier molecular flexibility index (Phi) is 6.92. The van der Waals surface area contributed by atoms with Crippen molar-refractivity contribution in [1.82, 2.24) is 15.1 Å². The van der Waals surface area contributed by atoms with Crippen molar-refractivity contribution in [1.29, 1.82) is 10.8 Å². The van der Waals surface area contributed by atoms with Crippen LogP contribution in [0.4, 0.5) is 4.79 Å². The lowest BCUT2D eigenvalue weighted by atomic mass is 9.81. The van der Waals surface area contributed by atoms with E-state index in [4.69, 9.17) is 21.3 Å². The number of nitrogens with two attached hydrogens (primary N) is 1. The second kappa shape index (κ2) is 9.18. The van der Waals surface area contributed by atoms with E-state index in [1.807, 2.05) is 30.3 Å². The molecule has 0 aromatic heterocycles. The number of guanidine groups is 1. The largest absolute Gasteiger partial charge is 0.464 e. The van der Waals surface area contributed by atoms with Crippen LogP contribution in [0.3, 0.4) is 0 Å². The van der Waals surface area contributed by atoms with E-state index in [1.165, 1.54) is 11.9 Å². The summed E-state index contributed by atoms with van der Waals surface area (Å²) >= 11 is 0. The van der Waals surface area contributed by atoms with Crippen LogP contribution in [0.15, 0.2) is 30.3 Å². The Hall–Kier alpha value is -3.43. The van der Waals surface area contributed by atoms with Crippen molar-refractivity contribution in [2.45, 2.75) is 32.0 Å². The van der Waals surface area contributed by atoms with Crippen LogP contribution in [-0.2, 0) is 14.3 Å². The topological polar surface area (TPSA) is 153 Å². The number of β-lactam (4-membered cyclic amide) rings is 1. The Morgan fingerprint density at radius 2 is 2.00 bits per heavy atom. The second-order valence-corrected chi connectivity index (χ2v) is 6.67. The summed E-state index contributed by atoms with van der Waals surface area (Å²) in [5, 5.41) is 17.9. The van der Waals surface area contributed by atoms with Crippen LogP contribution >= 0.6 is 0 Å². The van der Waals surface area contributed by atoms with Gasteiger partial charge in [0.1, 0.15) is 0 Å². The number of amides is 3. The average Bonchev–Trinajstić information content (AvgIpc) is 2.69. The number of imide groups is 1. The number of nitrogens with one attached hydrogen (secondary N) is 3. The summed E-state index contributed by atoms with van der Waals surface area (Å²) in [6.07, 6.45) is 0.929.